The molecule has 160 valence electrons. The van der Waals surface area contributed by atoms with Gasteiger partial charge in [0.25, 0.3) is 0 Å². The van der Waals surface area contributed by atoms with E-state index in [2.05, 4.69) is 32.6 Å². The molecule has 31 heavy (non-hydrogen) atoms. The van der Waals surface area contributed by atoms with Crippen LogP contribution in [0.2, 0.25) is 0 Å². The first-order valence-corrected chi connectivity index (χ1v) is 9.60. The number of hydrogen-bond acceptors (Lipinski definition) is 2. The van der Waals surface area contributed by atoms with Crippen molar-refractivity contribution >= 4 is 5.96 Å². The second kappa shape index (κ2) is 9.85. The quantitative estimate of drug-likeness (QED) is 0.375. The normalized spacial score (nSPS) is 12.6. The molecule has 1 aromatic heterocycles. The summed E-state index contributed by atoms with van der Waals surface area (Å²) in [6.45, 7) is 2.24. The van der Waals surface area contributed by atoms with E-state index in [1.165, 1.54) is 6.07 Å². The lowest BCUT2D eigenvalue weighted by molar-refractivity contribution is -0.137. The first kappa shape index (κ1) is 22.0. The van der Waals surface area contributed by atoms with E-state index in [9.17, 15) is 13.2 Å². The number of alkyl halides is 3. The predicted molar refractivity (Wildman–Crippen MR) is 115 cm³/mol. The van der Waals surface area contributed by atoms with Crippen LogP contribution in [0, 0.1) is 11.8 Å². The van der Waals surface area contributed by atoms with E-state index in [-0.39, 0.29) is 12.6 Å². The van der Waals surface area contributed by atoms with E-state index in [1.807, 2.05) is 43.5 Å². The van der Waals surface area contributed by atoms with Crippen molar-refractivity contribution in [1.29, 1.82) is 0 Å². The van der Waals surface area contributed by atoms with Crippen LogP contribution in [0.25, 0.3) is 5.69 Å². The Hall–Kier alpha value is -3.73. The van der Waals surface area contributed by atoms with Gasteiger partial charge in [0.1, 0.15) is 0 Å². The van der Waals surface area contributed by atoms with Gasteiger partial charge in [0.05, 0.1) is 23.8 Å². The maximum Gasteiger partial charge on any atom is 0.416 e. The lowest BCUT2D eigenvalue weighted by atomic mass is 10.1. The fourth-order valence-electron chi connectivity index (χ4n) is 2.89. The third kappa shape index (κ3) is 6.12. The zero-order valence-corrected chi connectivity index (χ0v) is 17.1. The van der Waals surface area contributed by atoms with Gasteiger partial charge in [-0.2, -0.15) is 18.3 Å². The molecule has 3 rings (SSSR count). The molecule has 5 nitrogen and oxygen atoms in total. The Morgan fingerprint density at radius 3 is 2.68 bits per heavy atom. The fourth-order valence-corrected chi connectivity index (χ4v) is 2.89. The number of rotatable bonds is 4. The fraction of sp³-hybridized carbons (Fsp3) is 0.217. The van der Waals surface area contributed by atoms with E-state index >= 15 is 0 Å². The van der Waals surface area contributed by atoms with Crippen LogP contribution in [-0.4, -0.2) is 29.3 Å². The van der Waals surface area contributed by atoms with Gasteiger partial charge in [0, 0.05) is 25.0 Å². The largest absolute Gasteiger partial charge is 0.416 e. The SMILES string of the molecule is CN=C(NCC#Cc1cccc(C(F)(F)F)c1)NC(C)c1cccc(-n2cccn2)c1. The second-order valence-electron chi connectivity index (χ2n) is 6.72. The number of nitrogens with one attached hydrogen (secondary N) is 2. The van der Waals surface area contributed by atoms with Crippen molar-refractivity contribution in [2.45, 2.75) is 19.1 Å². The molecular formula is C23H22F3N5. The standard InChI is InChI=1S/C23H22F3N5/c1-17(19-9-4-11-21(16-19)31-14-6-13-29-31)30-22(27-2)28-12-5-8-18-7-3-10-20(15-18)23(24,25)26/h3-4,6-7,9-11,13-17H,12H2,1-2H3,(H2,27,28,30). The van der Waals surface area contributed by atoms with Crippen LogP contribution in [0.1, 0.15) is 29.7 Å². The van der Waals surface area contributed by atoms with Gasteiger partial charge in [-0.3, -0.25) is 4.99 Å². The van der Waals surface area contributed by atoms with Crippen molar-refractivity contribution in [3.63, 3.8) is 0 Å². The number of aliphatic imine (C=N–C) groups is 1. The number of aromatic nitrogens is 2. The topological polar surface area (TPSA) is 54.2 Å². The molecule has 0 aliphatic heterocycles. The Morgan fingerprint density at radius 1 is 1.16 bits per heavy atom. The summed E-state index contributed by atoms with van der Waals surface area (Å²) in [4.78, 5) is 4.18. The summed E-state index contributed by atoms with van der Waals surface area (Å²) < 4.78 is 40.1. The molecule has 0 spiro atoms. The molecule has 0 amide bonds. The summed E-state index contributed by atoms with van der Waals surface area (Å²) >= 11 is 0. The van der Waals surface area contributed by atoms with Crippen LogP contribution in [0.3, 0.4) is 0 Å². The van der Waals surface area contributed by atoms with Gasteiger partial charge >= 0.3 is 6.18 Å². The lowest BCUT2D eigenvalue weighted by Crippen LogP contribution is -2.38. The summed E-state index contributed by atoms with van der Waals surface area (Å²) in [5.41, 5.74) is 1.59. The van der Waals surface area contributed by atoms with Crippen LogP contribution < -0.4 is 10.6 Å². The van der Waals surface area contributed by atoms with Gasteiger partial charge in [-0.25, -0.2) is 4.68 Å². The van der Waals surface area contributed by atoms with Crippen molar-refractivity contribution in [1.82, 2.24) is 20.4 Å². The van der Waals surface area contributed by atoms with Crippen molar-refractivity contribution in [2.75, 3.05) is 13.6 Å². The Bertz CT molecular complexity index is 1090. The van der Waals surface area contributed by atoms with E-state index in [0.717, 1.165) is 23.4 Å². The molecule has 0 saturated carbocycles. The minimum atomic E-state index is -4.38. The molecule has 2 aromatic carbocycles. The van der Waals surface area contributed by atoms with E-state index < -0.39 is 11.7 Å². The summed E-state index contributed by atoms with van der Waals surface area (Å²) in [5.74, 6) is 6.10. The summed E-state index contributed by atoms with van der Waals surface area (Å²) in [6.07, 6.45) is -0.784. The third-order valence-corrected chi connectivity index (χ3v) is 4.48. The van der Waals surface area contributed by atoms with Gasteiger partial charge in [0.15, 0.2) is 5.96 Å². The maximum atomic E-state index is 12.8. The number of hydrogen-bond donors (Lipinski definition) is 2. The van der Waals surface area contributed by atoms with Crippen LogP contribution in [0.5, 0.6) is 0 Å². The van der Waals surface area contributed by atoms with Gasteiger partial charge in [0.2, 0.25) is 0 Å². The third-order valence-electron chi connectivity index (χ3n) is 4.48. The molecular weight excluding hydrogens is 403 g/mol. The van der Waals surface area contributed by atoms with Crippen LogP contribution >= 0.6 is 0 Å². The molecule has 0 radical (unpaired) electrons. The van der Waals surface area contributed by atoms with Gasteiger partial charge in [-0.05, 0) is 48.9 Å². The van der Waals surface area contributed by atoms with E-state index in [1.54, 1.807) is 24.0 Å². The van der Waals surface area contributed by atoms with Crippen LogP contribution in [0.4, 0.5) is 13.2 Å². The Balaban J connectivity index is 1.58. The second-order valence-corrected chi connectivity index (χ2v) is 6.72. The van der Waals surface area contributed by atoms with Gasteiger partial charge in [-0.15, -0.1) is 0 Å². The zero-order chi connectivity index (χ0) is 22.3. The number of halogens is 3. The number of benzene rings is 2. The Kier molecular flexibility index (Phi) is 6.98. The minimum absolute atomic E-state index is 0.0434. The first-order valence-electron chi connectivity index (χ1n) is 9.60. The predicted octanol–water partition coefficient (Wildman–Crippen LogP) is 4.17. The summed E-state index contributed by atoms with van der Waals surface area (Å²) in [7, 11) is 1.64. The molecule has 0 aliphatic rings. The lowest BCUT2D eigenvalue weighted by Gasteiger charge is -2.18. The van der Waals surface area contributed by atoms with Crippen molar-refractivity contribution in [2.24, 2.45) is 4.99 Å². The Morgan fingerprint density at radius 2 is 1.97 bits per heavy atom. The van der Waals surface area contributed by atoms with Crippen molar-refractivity contribution < 1.29 is 13.2 Å². The number of guanidine groups is 1. The summed E-state index contributed by atoms with van der Waals surface area (Å²) in [5, 5.41) is 10.6. The monoisotopic (exact) mass is 425 g/mol. The molecule has 0 fully saturated rings. The molecule has 1 heterocycles. The first-order chi connectivity index (χ1) is 14.9. The van der Waals surface area contributed by atoms with Gasteiger partial charge < -0.3 is 10.6 Å². The molecule has 1 atom stereocenters. The number of nitrogens with zero attached hydrogens (tertiary/aromatic N) is 3. The maximum absolute atomic E-state index is 12.8. The highest BCUT2D eigenvalue weighted by Gasteiger charge is 2.30. The summed E-state index contributed by atoms with van der Waals surface area (Å²) in [6, 6.07) is 14.7. The van der Waals surface area contributed by atoms with E-state index in [4.69, 9.17) is 0 Å². The molecule has 2 N–H and O–H groups in total. The van der Waals surface area contributed by atoms with Crippen molar-refractivity contribution in [3.8, 4) is 17.5 Å². The zero-order valence-electron chi connectivity index (χ0n) is 17.1. The molecule has 0 saturated heterocycles. The van der Waals surface area contributed by atoms with Crippen molar-refractivity contribution in [3.05, 3.63) is 83.7 Å². The molecule has 3 aromatic rings. The highest BCUT2D eigenvalue weighted by molar-refractivity contribution is 5.80. The minimum Gasteiger partial charge on any atom is -0.350 e. The van der Waals surface area contributed by atoms with E-state index in [0.29, 0.717) is 11.5 Å². The van der Waals surface area contributed by atoms with Crippen LogP contribution in [-0.2, 0) is 6.18 Å². The molecule has 1 unspecified atom stereocenters. The molecule has 0 aliphatic carbocycles. The van der Waals surface area contributed by atoms with Gasteiger partial charge in [-0.1, -0.05) is 30.0 Å². The molecule has 0 bridgehead atoms. The average Bonchev–Trinajstić information content (AvgIpc) is 3.30. The highest BCUT2D eigenvalue weighted by Crippen LogP contribution is 2.29. The highest BCUT2D eigenvalue weighted by atomic mass is 19.4. The van der Waals surface area contributed by atoms with Crippen LogP contribution in [0.15, 0.2) is 72.0 Å². The average molecular weight is 425 g/mol. The molecule has 8 heteroatoms. The smallest absolute Gasteiger partial charge is 0.350 e. The Labute approximate surface area is 179 Å².